The lowest BCUT2D eigenvalue weighted by molar-refractivity contribution is 0.0713. The van der Waals surface area contributed by atoms with Crippen molar-refractivity contribution >= 4 is 27.1 Å². The molecule has 0 radical (unpaired) electrons. The van der Waals surface area contributed by atoms with Crippen LogP contribution in [0.3, 0.4) is 0 Å². The second-order valence-corrected chi connectivity index (χ2v) is 7.78. The van der Waals surface area contributed by atoms with Crippen molar-refractivity contribution in [2.75, 3.05) is 18.1 Å². The predicted octanol–water partition coefficient (Wildman–Crippen LogP) is 1.71. The van der Waals surface area contributed by atoms with Crippen LogP contribution in [-0.2, 0) is 9.84 Å². The summed E-state index contributed by atoms with van der Waals surface area (Å²) in [5.74, 6) is 0.264. The van der Waals surface area contributed by atoms with Crippen LogP contribution in [0.2, 0.25) is 0 Å². The summed E-state index contributed by atoms with van der Waals surface area (Å²) in [7, 11) is -2.95. The summed E-state index contributed by atoms with van der Waals surface area (Å²) in [5, 5.41) is 1.94. The Bertz CT molecular complexity index is 547. The third-order valence-corrected chi connectivity index (χ3v) is 5.98. The highest BCUT2D eigenvalue weighted by Gasteiger charge is 2.34. The van der Waals surface area contributed by atoms with Crippen LogP contribution in [0.15, 0.2) is 11.4 Å². The Morgan fingerprint density at radius 2 is 2.28 bits per heavy atom. The highest BCUT2D eigenvalue weighted by Crippen LogP contribution is 2.22. The third-order valence-electron chi connectivity index (χ3n) is 3.19. The Morgan fingerprint density at radius 3 is 2.72 bits per heavy atom. The first-order chi connectivity index (χ1) is 8.43. The lowest BCUT2D eigenvalue weighted by atomic mass is 10.2. The molecular weight excluding hydrogens is 270 g/mol. The van der Waals surface area contributed by atoms with Crippen LogP contribution in [0, 0.1) is 6.92 Å². The lowest BCUT2D eigenvalue weighted by Crippen LogP contribution is -2.40. The van der Waals surface area contributed by atoms with E-state index >= 15 is 0 Å². The Labute approximate surface area is 112 Å². The summed E-state index contributed by atoms with van der Waals surface area (Å²) < 4.78 is 23.0. The number of hydrogen-bond donors (Lipinski definition) is 0. The van der Waals surface area contributed by atoms with Crippen molar-refractivity contribution < 1.29 is 13.2 Å². The van der Waals surface area contributed by atoms with Gasteiger partial charge in [-0.15, -0.1) is 11.3 Å². The average molecular weight is 287 g/mol. The minimum atomic E-state index is -2.95. The molecule has 0 spiro atoms. The fraction of sp³-hybridized carbons (Fsp3) is 0.583. The smallest absolute Gasteiger partial charge is 0.264 e. The van der Waals surface area contributed by atoms with Crippen molar-refractivity contribution in [2.24, 2.45) is 0 Å². The van der Waals surface area contributed by atoms with Gasteiger partial charge in [0.15, 0.2) is 9.84 Å². The minimum Gasteiger partial charge on any atom is -0.334 e. The molecule has 0 N–H and O–H groups in total. The molecule has 1 saturated heterocycles. The van der Waals surface area contributed by atoms with Gasteiger partial charge in [-0.2, -0.15) is 0 Å². The molecule has 0 aromatic carbocycles. The van der Waals surface area contributed by atoms with Crippen molar-refractivity contribution in [1.29, 1.82) is 0 Å². The van der Waals surface area contributed by atoms with Gasteiger partial charge in [-0.25, -0.2) is 8.42 Å². The maximum atomic E-state index is 12.3. The molecule has 18 heavy (non-hydrogen) atoms. The minimum absolute atomic E-state index is 0.0438. The van der Waals surface area contributed by atoms with Crippen molar-refractivity contribution in [2.45, 2.75) is 26.3 Å². The van der Waals surface area contributed by atoms with Gasteiger partial charge in [0, 0.05) is 12.6 Å². The summed E-state index contributed by atoms with van der Waals surface area (Å²) in [6.45, 7) is 4.39. The average Bonchev–Trinajstić information content (AvgIpc) is 2.86. The molecule has 0 aliphatic carbocycles. The third kappa shape index (κ3) is 2.75. The van der Waals surface area contributed by atoms with Crippen LogP contribution in [0.25, 0.3) is 0 Å². The van der Waals surface area contributed by atoms with Gasteiger partial charge in [-0.1, -0.05) is 0 Å². The summed E-state index contributed by atoms with van der Waals surface area (Å²) in [6, 6.07) is 1.70. The summed E-state index contributed by atoms with van der Waals surface area (Å²) in [5.41, 5.74) is 1.07. The fourth-order valence-corrected chi connectivity index (χ4v) is 4.86. The number of hydrogen-bond acceptors (Lipinski definition) is 4. The number of carbonyl (C=O) groups excluding carboxylic acids is 1. The number of thiophene rings is 1. The zero-order valence-electron chi connectivity index (χ0n) is 10.5. The summed E-state index contributed by atoms with van der Waals surface area (Å²) in [6.07, 6.45) is 0.562. The van der Waals surface area contributed by atoms with Gasteiger partial charge in [0.25, 0.3) is 5.91 Å². The number of sulfone groups is 1. The normalized spacial score (nSPS) is 22.0. The first kappa shape index (κ1) is 13.5. The monoisotopic (exact) mass is 287 g/mol. The molecule has 1 amide bonds. The molecule has 6 heteroatoms. The lowest BCUT2D eigenvalue weighted by Gasteiger charge is -2.26. The first-order valence-electron chi connectivity index (χ1n) is 5.99. The van der Waals surface area contributed by atoms with Crippen molar-refractivity contribution in [1.82, 2.24) is 4.90 Å². The van der Waals surface area contributed by atoms with Gasteiger partial charge in [0.2, 0.25) is 0 Å². The van der Waals surface area contributed by atoms with Crippen molar-refractivity contribution in [3.05, 3.63) is 21.9 Å². The molecule has 1 aromatic heterocycles. The van der Waals surface area contributed by atoms with Gasteiger partial charge in [0.05, 0.1) is 16.4 Å². The quantitative estimate of drug-likeness (QED) is 0.850. The van der Waals surface area contributed by atoms with Gasteiger partial charge < -0.3 is 4.90 Å². The molecule has 0 saturated carbocycles. The van der Waals surface area contributed by atoms with E-state index in [2.05, 4.69) is 0 Å². The van der Waals surface area contributed by atoms with E-state index in [9.17, 15) is 13.2 Å². The highest BCUT2D eigenvalue weighted by molar-refractivity contribution is 7.91. The van der Waals surface area contributed by atoms with Crippen molar-refractivity contribution in [3.8, 4) is 0 Å². The molecule has 2 heterocycles. The van der Waals surface area contributed by atoms with E-state index in [1.807, 2.05) is 25.3 Å². The largest absolute Gasteiger partial charge is 0.334 e. The van der Waals surface area contributed by atoms with E-state index in [4.69, 9.17) is 0 Å². The standard InChI is InChI=1S/C12H17NO3S2/c1-3-13(10-4-5-18(15,16)8-10)12(14)11-6-9(2)7-17-11/h6-7,10H,3-5,8H2,1-2H3. The number of nitrogens with zero attached hydrogens (tertiary/aromatic N) is 1. The van der Waals surface area contributed by atoms with E-state index in [1.54, 1.807) is 4.90 Å². The van der Waals surface area contributed by atoms with Gasteiger partial charge in [0.1, 0.15) is 0 Å². The molecule has 100 valence electrons. The first-order valence-corrected chi connectivity index (χ1v) is 8.69. The Balaban J connectivity index is 2.17. The molecular formula is C12H17NO3S2. The van der Waals surface area contributed by atoms with Crippen LogP contribution in [0.4, 0.5) is 0 Å². The Kier molecular flexibility index (Phi) is 3.77. The Hall–Kier alpha value is -0.880. The summed E-state index contributed by atoms with van der Waals surface area (Å²) in [4.78, 5) is 14.7. The maximum Gasteiger partial charge on any atom is 0.264 e. The van der Waals surface area contributed by atoms with Crippen LogP contribution in [-0.4, -0.2) is 43.3 Å². The van der Waals surface area contributed by atoms with Crippen molar-refractivity contribution in [3.63, 3.8) is 0 Å². The second kappa shape index (κ2) is 5.01. The second-order valence-electron chi connectivity index (χ2n) is 4.64. The number of aryl methyl sites for hydroxylation is 1. The molecule has 1 fully saturated rings. The molecule has 1 aromatic rings. The van der Waals surface area contributed by atoms with E-state index in [0.29, 0.717) is 17.8 Å². The molecule has 1 aliphatic rings. The molecule has 1 unspecified atom stereocenters. The fourth-order valence-electron chi connectivity index (χ4n) is 2.27. The van der Waals surface area contributed by atoms with E-state index < -0.39 is 9.84 Å². The van der Waals surface area contributed by atoms with Crippen LogP contribution in [0.5, 0.6) is 0 Å². The number of rotatable bonds is 3. The number of amides is 1. The van der Waals surface area contributed by atoms with Gasteiger partial charge in [-0.3, -0.25) is 4.79 Å². The van der Waals surface area contributed by atoms with Crippen LogP contribution < -0.4 is 0 Å². The zero-order valence-corrected chi connectivity index (χ0v) is 12.2. The molecule has 0 bridgehead atoms. The van der Waals surface area contributed by atoms with E-state index in [1.165, 1.54) is 11.3 Å². The van der Waals surface area contributed by atoms with Crippen LogP contribution in [0.1, 0.15) is 28.6 Å². The molecule has 1 atom stereocenters. The van der Waals surface area contributed by atoms with E-state index in [-0.39, 0.29) is 23.5 Å². The number of carbonyl (C=O) groups is 1. The summed E-state index contributed by atoms with van der Waals surface area (Å²) >= 11 is 1.42. The Morgan fingerprint density at radius 1 is 1.56 bits per heavy atom. The van der Waals surface area contributed by atoms with Crippen LogP contribution >= 0.6 is 11.3 Å². The van der Waals surface area contributed by atoms with E-state index in [0.717, 1.165) is 5.56 Å². The van der Waals surface area contributed by atoms with Gasteiger partial charge in [-0.05, 0) is 37.3 Å². The molecule has 1 aliphatic heterocycles. The van der Waals surface area contributed by atoms with Gasteiger partial charge >= 0.3 is 0 Å². The topological polar surface area (TPSA) is 54.5 Å². The highest BCUT2D eigenvalue weighted by atomic mass is 32.2. The zero-order chi connectivity index (χ0) is 13.3. The predicted molar refractivity (Wildman–Crippen MR) is 72.8 cm³/mol. The maximum absolute atomic E-state index is 12.3. The SMILES string of the molecule is CCN(C(=O)c1cc(C)cs1)C1CCS(=O)(=O)C1. The molecule has 2 rings (SSSR count). The molecule has 4 nitrogen and oxygen atoms in total.